The van der Waals surface area contributed by atoms with Gasteiger partial charge in [0.05, 0.1) is 21.6 Å². The second-order valence-electron chi connectivity index (χ2n) is 5.70. The molecule has 0 saturated carbocycles. The fraction of sp³-hybridized carbons (Fsp3) is 0.375. The van der Waals surface area contributed by atoms with E-state index in [1.165, 1.54) is 0 Å². The van der Waals surface area contributed by atoms with Gasteiger partial charge in [0.1, 0.15) is 5.82 Å². The lowest BCUT2D eigenvalue weighted by Gasteiger charge is -2.37. The van der Waals surface area contributed by atoms with Crippen LogP contribution < -0.4 is 10.6 Å². The highest BCUT2D eigenvalue weighted by atomic mass is 35.5. The molecule has 1 aliphatic heterocycles. The van der Waals surface area contributed by atoms with Crippen LogP contribution in [0.2, 0.25) is 10.0 Å². The maximum Gasteiger partial charge on any atom is 0.234 e. The number of nitrogens with zero attached hydrogens (tertiary/aromatic N) is 3. The number of benzene rings is 1. The van der Waals surface area contributed by atoms with Crippen LogP contribution in [0.3, 0.4) is 0 Å². The lowest BCUT2D eigenvalue weighted by molar-refractivity contribution is -0.122. The van der Waals surface area contributed by atoms with Crippen molar-refractivity contribution in [3.8, 4) is 0 Å². The Morgan fingerprint density at radius 1 is 1.13 bits per heavy atom. The van der Waals surface area contributed by atoms with E-state index in [2.05, 4.69) is 14.8 Å². The third kappa shape index (κ3) is 3.22. The number of primary amides is 1. The van der Waals surface area contributed by atoms with Crippen molar-refractivity contribution < 1.29 is 4.79 Å². The van der Waals surface area contributed by atoms with Gasteiger partial charge in [-0.1, -0.05) is 23.2 Å². The van der Waals surface area contributed by atoms with Gasteiger partial charge in [-0.3, -0.25) is 9.69 Å². The first-order chi connectivity index (χ1) is 11.0. The van der Waals surface area contributed by atoms with Crippen molar-refractivity contribution in [1.29, 1.82) is 0 Å². The van der Waals surface area contributed by atoms with Crippen LogP contribution in [-0.4, -0.2) is 48.0 Å². The predicted octanol–water partition coefficient (Wildman–Crippen LogP) is 2.54. The molecule has 1 saturated heterocycles. The third-order valence-corrected chi connectivity index (χ3v) is 4.97. The van der Waals surface area contributed by atoms with Crippen molar-refractivity contribution in [2.75, 3.05) is 31.1 Å². The van der Waals surface area contributed by atoms with E-state index < -0.39 is 0 Å². The molecule has 2 aromatic rings. The molecule has 0 aliphatic carbocycles. The Kier molecular flexibility index (Phi) is 4.62. The number of anilines is 1. The molecule has 1 amide bonds. The number of hydrogen-bond acceptors (Lipinski definition) is 4. The molecule has 5 nitrogen and oxygen atoms in total. The maximum absolute atomic E-state index is 11.3. The molecule has 1 aromatic carbocycles. The minimum Gasteiger partial charge on any atom is -0.368 e. The van der Waals surface area contributed by atoms with E-state index in [0.29, 0.717) is 15.6 Å². The van der Waals surface area contributed by atoms with Crippen molar-refractivity contribution >= 4 is 45.8 Å². The first-order valence-corrected chi connectivity index (χ1v) is 8.26. The normalized spacial score (nSPS) is 17.4. The molecule has 0 bridgehead atoms. The molecule has 1 aliphatic rings. The van der Waals surface area contributed by atoms with Crippen LogP contribution >= 0.6 is 23.2 Å². The van der Waals surface area contributed by atoms with Gasteiger partial charge in [-0.25, -0.2) is 4.98 Å². The summed E-state index contributed by atoms with van der Waals surface area (Å²) in [6.07, 6.45) is 0. The molecule has 0 radical (unpaired) electrons. The summed E-state index contributed by atoms with van der Waals surface area (Å²) in [7, 11) is 0. The largest absolute Gasteiger partial charge is 0.368 e. The zero-order chi connectivity index (χ0) is 16.6. The minimum absolute atomic E-state index is 0.241. The van der Waals surface area contributed by atoms with Gasteiger partial charge < -0.3 is 10.6 Å². The molecular formula is C16H18Cl2N4O. The molecule has 1 fully saturated rings. The Hall–Kier alpha value is -1.56. The average molecular weight is 353 g/mol. The highest BCUT2D eigenvalue weighted by Gasteiger charge is 2.24. The van der Waals surface area contributed by atoms with Crippen LogP contribution in [0.1, 0.15) is 6.92 Å². The van der Waals surface area contributed by atoms with Gasteiger partial charge in [-0.05, 0) is 31.2 Å². The Morgan fingerprint density at radius 2 is 1.78 bits per heavy atom. The zero-order valence-electron chi connectivity index (χ0n) is 12.8. The number of carbonyl (C=O) groups is 1. The lowest BCUT2D eigenvalue weighted by atomic mass is 10.2. The van der Waals surface area contributed by atoms with E-state index >= 15 is 0 Å². The van der Waals surface area contributed by atoms with Gasteiger partial charge >= 0.3 is 0 Å². The Labute approximate surface area is 145 Å². The number of amides is 1. The minimum atomic E-state index is -0.288. The number of fused-ring (bicyclic) bond motifs is 1. The summed E-state index contributed by atoms with van der Waals surface area (Å²) in [4.78, 5) is 20.2. The second kappa shape index (κ2) is 6.51. The molecule has 3 rings (SSSR count). The van der Waals surface area contributed by atoms with Crippen molar-refractivity contribution in [3.05, 3.63) is 34.3 Å². The van der Waals surface area contributed by atoms with E-state index in [1.807, 2.05) is 19.1 Å². The smallest absolute Gasteiger partial charge is 0.234 e. The fourth-order valence-electron chi connectivity index (χ4n) is 2.83. The van der Waals surface area contributed by atoms with Crippen LogP contribution in [0, 0.1) is 0 Å². The maximum atomic E-state index is 11.3. The number of rotatable bonds is 3. The van der Waals surface area contributed by atoms with Gasteiger partial charge in [0.2, 0.25) is 5.91 Å². The summed E-state index contributed by atoms with van der Waals surface area (Å²) in [6.45, 7) is 4.96. The van der Waals surface area contributed by atoms with Gasteiger partial charge in [0.15, 0.2) is 0 Å². The molecule has 1 unspecified atom stereocenters. The van der Waals surface area contributed by atoms with E-state index in [9.17, 15) is 4.79 Å². The lowest BCUT2D eigenvalue weighted by Crippen LogP contribution is -2.53. The monoisotopic (exact) mass is 352 g/mol. The summed E-state index contributed by atoms with van der Waals surface area (Å²) in [6, 6.07) is 7.20. The first kappa shape index (κ1) is 16.3. The summed E-state index contributed by atoms with van der Waals surface area (Å²) in [5, 5.41) is 2.08. The van der Waals surface area contributed by atoms with E-state index in [-0.39, 0.29) is 11.9 Å². The predicted molar refractivity (Wildman–Crippen MR) is 94.2 cm³/mol. The van der Waals surface area contributed by atoms with Crippen LogP contribution in [-0.2, 0) is 4.79 Å². The third-order valence-electron chi connectivity index (χ3n) is 4.34. The molecule has 23 heavy (non-hydrogen) atoms. The quantitative estimate of drug-likeness (QED) is 0.921. The van der Waals surface area contributed by atoms with E-state index in [4.69, 9.17) is 28.9 Å². The average Bonchev–Trinajstić information content (AvgIpc) is 2.57. The van der Waals surface area contributed by atoms with Crippen LogP contribution in [0.25, 0.3) is 10.9 Å². The number of pyridine rings is 1. The SMILES string of the molecule is CC(C(N)=O)N1CCN(c2ccc3c(Cl)ccc(Cl)c3n2)CC1. The van der Waals surface area contributed by atoms with E-state index in [1.54, 1.807) is 12.1 Å². The summed E-state index contributed by atoms with van der Waals surface area (Å²) in [5.41, 5.74) is 6.08. The standard InChI is InChI=1S/C16H18Cl2N4O/c1-10(16(19)23)21-6-8-22(9-7-21)14-5-2-11-12(17)3-4-13(18)15(11)20-14/h2-5,10H,6-9H2,1H3,(H2,19,23). The number of nitrogens with two attached hydrogens (primary N) is 1. The molecule has 2 N–H and O–H groups in total. The van der Waals surface area contributed by atoms with Crippen LogP contribution in [0.5, 0.6) is 0 Å². The first-order valence-electron chi connectivity index (χ1n) is 7.50. The fourth-order valence-corrected chi connectivity index (χ4v) is 3.26. The van der Waals surface area contributed by atoms with Gasteiger partial charge in [-0.2, -0.15) is 0 Å². The van der Waals surface area contributed by atoms with Crippen LogP contribution in [0.15, 0.2) is 24.3 Å². The topological polar surface area (TPSA) is 62.5 Å². The number of aromatic nitrogens is 1. The van der Waals surface area contributed by atoms with Crippen molar-refractivity contribution in [3.63, 3.8) is 0 Å². The number of carbonyl (C=O) groups excluding carboxylic acids is 1. The molecule has 2 heterocycles. The van der Waals surface area contributed by atoms with Crippen molar-refractivity contribution in [2.24, 2.45) is 5.73 Å². The molecule has 1 atom stereocenters. The summed E-state index contributed by atoms with van der Waals surface area (Å²) < 4.78 is 0. The Morgan fingerprint density at radius 3 is 2.43 bits per heavy atom. The van der Waals surface area contributed by atoms with Crippen molar-refractivity contribution in [1.82, 2.24) is 9.88 Å². The zero-order valence-corrected chi connectivity index (χ0v) is 14.3. The highest BCUT2D eigenvalue weighted by Crippen LogP contribution is 2.30. The summed E-state index contributed by atoms with van der Waals surface area (Å²) >= 11 is 12.4. The molecule has 7 heteroatoms. The van der Waals surface area contributed by atoms with Crippen LogP contribution in [0.4, 0.5) is 5.82 Å². The number of halogens is 2. The molecule has 1 aromatic heterocycles. The summed E-state index contributed by atoms with van der Waals surface area (Å²) in [5.74, 6) is 0.580. The molecular weight excluding hydrogens is 335 g/mol. The Bertz CT molecular complexity index is 744. The Balaban J connectivity index is 1.80. The second-order valence-corrected chi connectivity index (χ2v) is 6.51. The van der Waals surface area contributed by atoms with Gasteiger partial charge in [0.25, 0.3) is 0 Å². The molecule has 122 valence electrons. The number of hydrogen-bond donors (Lipinski definition) is 1. The van der Waals surface area contributed by atoms with Gasteiger partial charge in [-0.15, -0.1) is 0 Å². The van der Waals surface area contributed by atoms with Crippen molar-refractivity contribution in [2.45, 2.75) is 13.0 Å². The number of piperazine rings is 1. The van der Waals surface area contributed by atoms with E-state index in [0.717, 1.165) is 37.4 Å². The molecule has 0 spiro atoms. The highest BCUT2D eigenvalue weighted by molar-refractivity contribution is 6.39. The van der Waals surface area contributed by atoms with Gasteiger partial charge in [0, 0.05) is 31.6 Å².